The lowest BCUT2D eigenvalue weighted by Crippen LogP contribution is -2.10. The fourth-order valence-corrected chi connectivity index (χ4v) is 1.15. The van der Waals surface area contributed by atoms with E-state index in [1.807, 2.05) is 19.9 Å². The highest BCUT2D eigenvalue weighted by atomic mass is 16.3. The van der Waals surface area contributed by atoms with Crippen molar-refractivity contribution in [2.75, 3.05) is 0 Å². The third-order valence-corrected chi connectivity index (χ3v) is 2.24. The first-order valence-corrected chi connectivity index (χ1v) is 5.64. The van der Waals surface area contributed by atoms with Gasteiger partial charge in [0.15, 0.2) is 0 Å². The van der Waals surface area contributed by atoms with Crippen molar-refractivity contribution in [2.24, 2.45) is 5.92 Å². The van der Waals surface area contributed by atoms with Crippen molar-refractivity contribution >= 4 is 0 Å². The van der Waals surface area contributed by atoms with Crippen LogP contribution in [0.4, 0.5) is 0 Å². The van der Waals surface area contributed by atoms with Crippen molar-refractivity contribution in [1.29, 1.82) is 0 Å². The van der Waals surface area contributed by atoms with E-state index in [-0.39, 0.29) is 6.10 Å². The molecule has 1 nitrogen and oxygen atoms in total. The molecule has 0 aromatic heterocycles. The minimum absolute atomic E-state index is 0.273. The standard InChI is InChI=1S/C13H24O/c1-4-5-6-7-8-9-10-11-13(14)12(2)3/h4-5,10-14H,6-9H2,1-3H3/b5-4+,11-10+. The summed E-state index contributed by atoms with van der Waals surface area (Å²) < 4.78 is 0. The largest absolute Gasteiger partial charge is 0.389 e. The zero-order chi connectivity index (χ0) is 10.8. The Balaban J connectivity index is 3.35. The second kappa shape index (κ2) is 9.01. The summed E-state index contributed by atoms with van der Waals surface area (Å²) in [5, 5.41) is 9.47. The molecule has 0 heterocycles. The van der Waals surface area contributed by atoms with E-state index in [0.29, 0.717) is 5.92 Å². The van der Waals surface area contributed by atoms with Gasteiger partial charge in [0.25, 0.3) is 0 Å². The summed E-state index contributed by atoms with van der Waals surface area (Å²) in [6.07, 6.45) is 12.8. The van der Waals surface area contributed by atoms with Crippen LogP contribution < -0.4 is 0 Å². The molecule has 0 spiro atoms. The summed E-state index contributed by atoms with van der Waals surface area (Å²) in [4.78, 5) is 0. The topological polar surface area (TPSA) is 20.2 Å². The van der Waals surface area contributed by atoms with Gasteiger partial charge in [-0.3, -0.25) is 0 Å². The van der Waals surface area contributed by atoms with Gasteiger partial charge in [-0.1, -0.05) is 38.2 Å². The summed E-state index contributed by atoms with van der Waals surface area (Å²) in [7, 11) is 0. The lowest BCUT2D eigenvalue weighted by Gasteiger charge is -2.08. The molecule has 0 radical (unpaired) electrons. The molecule has 0 saturated heterocycles. The number of hydrogen-bond acceptors (Lipinski definition) is 1. The monoisotopic (exact) mass is 196 g/mol. The van der Waals surface area contributed by atoms with E-state index in [9.17, 15) is 5.11 Å². The van der Waals surface area contributed by atoms with Crippen molar-refractivity contribution in [1.82, 2.24) is 0 Å². The molecule has 1 atom stereocenters. The summed E-state index contributed by atoms with van der Waals surface area (Å²) >= 11 is 0. The predicted octanol–water partition coefficient (Wildman–Crippen LogP) is 3.70. The number of aliphatic hydroxyl groups excluding tert-OH is 1. The van der Waals surface area contributed by atoms with Gasteiger partial charge in [-0.25, -0.2) is 0 Å². The molecule has 0 fully saturated rings. The zero-order valence-corrected chi connectivity index (χ0v) is 9.74. The fourth-order valence-electron chi connectivity index (χ4n) is 1.15. The highest BCUT2D eigenvalue weighted by molar-refractivity contribution is 4.90. The van der Waals surface area contributed by atoms with Crippen LogP contribution in [0.1, 0.15) is 46.5 Å². The molecule has 1 unspecified atom stereocenters. The average Bonchev–Trinajstić information content (AvgIpc) is 2.16. The van der Waals surface area contributed by atoms with E-state index in [1.54, 1.807) is 0 Å². The smallest absolute Gasteiger partial charge is 0.0743 e. The quantitative estimate of drug-likeness (QED) is 0.486. The third kappa shape index (κ3) is 8.06. The molecule has 0 aromatic rings. The first-order chi connectivity index (χ1) is 6.68. The molecule has 0 aliphatic heterocycles. The first-order valence-electron chi connectivity index (χ1n) is 5.64. The van der Waals surface area contributed by atoms with E-state index in [2.05, 4.69) is 25.2 Å². The maximum absolute atomic E-state index is 9.47. The zero-order valence-electron chi connectivity index (χ0n) is 9.74. The molecule has 0 amide bonds. The summed E-state index contributed by atoms with van der Waals surface area (Å²) in [6, 6.07) is 0. The van der Waals surface area contributed by atoms with E-state index in [4.69, 9.17) is 0 Å². The van der Waals surface area contributed by atoms with Gasteiger partial charge in [-0.05, 0) is 38.5 Å². The number of hydrogen-bond donors (Lipinski definition) is 1. The number of aliphatic hydroxyl groups is 1. The van der Waals surface area contributed by atoms with Crippen molar-refractivity contribution in [3.05, 3.63) is 24.3 Å². The molecular formula is C13H24O. The molecule has 1 heteroatoms. The van der Waals surface area contributed by atoms with Crippen LogP contribution in [0.15, 0.2) is 24.3 Å². The van der Waals surface area contributed by atoms with Gasteiger partial charge >= 0.3 is 0 Å². The Morgan fingerprint density at radius 2 is 1.64 bits per heavy atom. The van der Waals surface area contributed by atoms with Crippen molar-refractivity contribution in [3.63, 3.8) is 0 Å². The van der Waals surface area contributed by atoms with Crippen LogP contribution >= 0.6 is 0 Å². The Bertz CT molecular complexity index is 168. The van der Waals surface area contributed by atoms with Gasteiger partial charge in [0.2, 0.25) is 0 Å². The Kier molecular flexibility index (Phi) is 8.65. The molecule has 0 saturated carbocycles. The van der Waals surface area contributed by atoms with E-state index in [0.717, 1.165) is 6.42 Å². The van der Waals surface area contributed by atoms with Crippen LogP contribution in [0, 0.1) is 5.92 Å². The number of unbranched alkanes of at least 4 members (excludes halogenated alkanes) is 3. The summed E-state index contributed by atoms with van der Waals surface area (Å²) in [5.41, 5.74) is 0. The second-order valence-corrected chi connectivity index (χ2v) is 4.02. The van der Waals surface area contributed by atoms with Crippen LogP contribution in [0.2, 0.25) is 0 Å². The minimum Gasteiger partial charge on any atom is -0.389 e. The van der Waals surface area contributed by atoms with Crippen molar-refractivity contribution < 1.29 is 5.11 Å². The lowest BCUT2D eigenvalue weighted by molar-refractivity contribution is 0.172. The highest BCUT2D eigenvalue weighted by Gasteiger charge is 2.02. The number of allylic oxidation sites excluding steroid dienone is 3. The first kappa shape index (κ1) is 13.4. The van der Waals surface area contributed by atoms with E-state index >= 15 is 0 Å². The molecule has 0 bridgehead atoms. The van der Waals surface area contributed by atoms with Crippen molar-refractivity contribution in [3.8, 4) is 0 Å². The molecule has 0 aromatic carbocycles. The molecule has 14 heavy (non-hydrogen) atoms. The Hall–Kier alpha value is -0.560. The second-order valence-electron chi connectivity index (χ2n) is 4.02. The van der Waals surface area contributed by atoms with Gasteiger partial charge in [-0.2, -0.15) is 0 Å². The van der Waals surface area contributed by atoms with Crippen LogP contribution in [0.5, 0.6) is 0 Å². The van der Waals surface area contributed by atoms with Gasteiger partial charge in [0.05, 0.1) is 6.10 Å². The van der Waals surface area contributed by atoms with Gasteiger partial charge < -0.3 is 5.11 Å². The van der Waals surface area contributed by atoms with Crippen LogP contribution in [0.3, 0.4) is 0 Å². The normalized spacial score (nSPS) is 14.6. The maximum Gasteiger partial charge on any atom is 0.0743 e. The molecule has 0 aliphatic carbocycles. The molecular weight excluding hydrogens is 172 g/mol. The fraction of sp³-hybridized carbons (Fsp3) is 0.692. The van der Waals surface area contributed by atoms with Crippen LogP contribution in [-0.4, -0.2) is 11.2 Å². The highest BCUT2D eigenvalue weighted by Crippen LogP contribution is 2.05. The lowest BCUT2D eigenvalue weighted by atomic mass is 10.1. The van der Waals surface area contributed by atoms with Crippen LogP contribution in [-0.2, 0) is 0 Å². The van der Waals surface area contributed by atoms with E-state index in [1.165, 1.54) is 19.3 Å². The Labute approximate surface area is 88.5 Å². The molecule has 0 aliphatic rings. The van der Waals surface area contributed by atoms with Gasteiger partial charge in [0, 0.05) is 0 Å². The summed E-state index contributed by atoms with van der Waals surface area (Å²) in [6.45, 7) is 6.11. The Morgan fingerprint density at radius 1 is 1.07 bits per heavy atom. The predicted molar refractivity (Wildman–Crippen MR) is 63.3 cm³/mol. The Morgan fingerprint density at radius 3 is 2.14 bits per heavy atom. The third-order valence-electron chi connectivity index (χ3n) is 2.24. The SMILES string of the molecule is C/C=C/CCCC/C=C/C(O)C(C)C. The minimum atomic E-state index is -0.273. The average molecular weight is 196 g/mol. The molecule has 82 valence electrons. The van der Waals surface area contributed by atoms with Gasteiger partial charge in [0.1, 0.15) is 0 Å². The van der Waals surface area contributed by atoms with Crippen molar-refractivity contribution in [2.45, 2.75) is 52.6 Å². The maximum atomic E-state index is 9.47. The summed E-state index contributed by atoms with van der Waals surface area (Å²) in [5.74, 6) is 0.328. The van der Waals surface area contributed by atoms with Gasteiger partial charge in [-0.15, -0.1) is 0 Å². The number of rotatable bonds is 7. The van der Waals surface area contributed by atoms with Crippen LogP contribution in [0.25, 0.3) is 0 Å². The molecule has 1 N–H and O–H groups in total. The van der Waals surface area contributed by atoms with E-state index < -0.39 is 0 Å². The molecule has 0 rings (SSSR count).